The highest BCUT2D eigenvalue weighted by Gasteiger charge is 2.18. The van der Waals surface area contributed by atoms with Gasteiger partial charge in [-0.15, -0.1) is 0 Å². The van der Waals surface area contributed by atoms with E-state index in [0.717, 1.165) is 11.6 Å². The Labute approximate surface area is 233 Å². The zero-order valence-corrected chi connectivity index (χ0v) is 21.9. The van der Waals surface area contributed by atoms with E-state index >= 15 is 0 Å². The monoisotopic (exact) mass is 562 g/mol. The van der Waals surface area contributed by atoms with Gasteiger partial charge in [0.25, 0.3) is 5.91 Å². The van der Waals surface area contributed by atoms with Crippen LogP contribution in [0.4, 0.5) is 10.1 Å². The fourth-order valence-electron chi connectivity index (χ4n) is 3.73. The maximum absolute atomic E-state index is 15.0. The van der Waals surface area contributed by atoms with Crippen molar-refractivity contribution in [3.05, 3.63) is 89.9 Å². The molecule has 1 heterocycles. The van der Waals surface area contributed by atoms with Gasteiger partial charge in [0, 0.05) is 29.4 Å². The number of carboxylic acids is 1. The molecular weight excluding hydrogens is 539 g/mol. The van der Waals surface area contributed by atoms with E-state index in [0.29, 0.717) is 10.9 Å². The summed E-state index contributed by atoms with van der Waals surface area (Å²) in [6, 6.07) is 17.6. The van der Waals surface area contributed by atoms with Crippen molar-refractivity contribution >= 4 is 51.7 Å². The number of methoxy groups -OCH3 is 1. The maximum Gasteiger partial charge on any atom is 0.322 e. The molecule has 0 saturated heterocycles. The third kappa shape index (κ3) is 7.05. The van der Waals surface area contributed by atoms with Crippen LogP contribution >= 0.6 is 12.2 Å². The highest BCUT2D eigenvalue weighted by Crippen LogP contribution is 2.34. The van der Waals surface area contributed by atoms with E-state index in [4.69, 9.17) is 26.8 Å². The summed E-state index contributed by atoms with van der Waals surface area (Å²) in [5.41, 5.74) is 1.57. The Kier molecular flexibility index (Phi) is 8.82. The number of anilines is 1. The van der Waals surface area contributed by atoms with Gasteiger partial charge in [-0.2, -0.15) is 0 Å². The summed E-state index contributed by atoms with van der Waals surface area (Å²) in [4.78, 5) is 39.9. The molecule has 1 aromatic heterocycles. The van der Waals surface area contributed by atoms with Crippen molar-refractivity contribution in [2.75, 3.05) is 19.0 Å². The Morgan fingerprint density at radius 3 is 2.48 bits per heavy atom. The first kappa shape index (κ1) is 27.9. The van der Waals surface area contributed by atoms with Gasteiger partial charge in [0.1, 0.15) is 18.0 Å². The number of pyridine rings is 1. The van der Waals surface area contributed by atoms with Crippen LogP contribution in [0.3, 0.4) is 0 Å². The fourth-order valence-corrected chi connectivity index (χ4v) is 3.96. The normalized spacial score (nSPS) is 10.4. The molecule has 0 bridgehead atoms. The first-order valence-electron chi connectivity index (χ1n) is 11.8. The Balaban J connectivity index is 1.49. The summed E-state index contributed by atoms with van der Waals surface area (Å²) < 4.78 is 26.1. The molecule has 0 aliphatic heterocycles. The number of carbonyl (C=O) groups is 3. The molecule has 10 nitrogen and oxygen atoms in total. The molecule has 0 aliphatic rings. The van der Waals surface area contributed by atoms with Crippen molar-refractivity contribution in [2.45, 2.75) is 6.42 Å². The van der Waals surface area contributed by atoms with Crippen LogP contribution in [-0.4, -0.2) is 46.6 Å². The number of amides is 2. The molecule has 0 aliphatic carbocycles. The van der Waals surface area contributed by atoms with Gasteiger partial charge in [0.15, 0.2) is 16.7 Å². The van der Waals surface area contributed by atoms with Crippen molar-refractivity contribution < 1.29 is 33.4 Å². The number of rotatable bonds is 9. The second-order valence-corrected chi connectivity index (χ2v) is 8.78. The van der Waals surface area contributed by atoms with Gasteiger partial charge in [-0.05, 0) is 42.0 Å². The highest BCUT2D eigenvalue weighted by molar-refractivity contribution is 7.80. The number of hydrogen-bond acceptors (Lipinski definition) is 7. The largest absolute Gasteiger partial charge is 0.496 e. The number of nitrogens with zero attached hydrogens (tertiary/aromatic N) is 1. The quantitative estimate of drug-likeness (QED) is 0.223. The standard InChI is InChI=1S/C28H23FN4O6S/c1-38-24-14-21-18(13-19(24)27(37)31-15-26(35)36)22(9-10-30-21)39-23-8-7-17(12-20(23)29)32-28(40)33-25(34)11-16-5-3-2-4-6-16/h2-10,12-14H,11,15H2,1H3,(H,31,37)(H,35,36)(H2,32,33,34,40). The van der Waals surface area contributed by atoms with Crippen molar-refractivity contribution in [3.63, 3.8) is 0 Å². The van der Waals surface area contributed by atoms with Crippen LogP contribution in [0.25, 0.3) is 10.9 Å². The third-order valence-electron chi connectivity index (χ3n) is 5.54. The molecule has 3 aromatic carbocycles. The molecule has 0 atom stereocenters. The molecule has 12 heteroatoms. The maximum atomic E-state index is 15.0. The number of fused-ring (bicyclic) bond motifs is 1. The van der Waals surface area contributed by atoms with E-state index < -0.39 is 24.2 Å². The van der Waals surface area contributed by atoms with E-state index in [9.17, 15) is 18.8 Å². The number of benzene rings is 3. The Morgan fingerprint density at radius 2 is 1.77 bits per heavy atom. The number of hydrogen-bond donors (Lipinski definition) is 4. The minimum Gasteiger partial charge on any atom is -0.496 e. The number of thiocarbonyl (C=S) groups is 1. The average molecular weight is 563 g/mol. The van der Waals surface area contributed by atoms with Crippen molar-refractivity contribution in [1.82, 2.24) is 15.6 Å². The lowest BCUT2D eigenvalue weighted by atomic mass is 10.1. The van der Waals surface area contributed by atoms with E-state index in [1.165, 1.54) is 43.6 Å². The summed E-state index contributed by atoms with van der Waals surface area (Å²) in [6.45, 7) is -0.581. The zero-order chi connectivity index (χ0) is 28.6. The summed E-state index contributed by atoms with van der Waals surface area (Å²) in [6.07, 6.45) is 1.59. The van der Waals surface area contributed by atoms with E-state index in [-0.39, 0.29) is 45.9 Å². The molecule has 4 N–H and O–H groups in total. The molecule has 0 radical (unpaired) electrons. The Morgan fingerprint density at radius 1 is 1.00 bits per heavy atom. The highest BCUT2D eigenvalue weighted by atomic mass is 32.1. The molecule has 204 valence electrons. The minimum absolute atomic E-state index is 0.0109. The summed E-state index contributed by atoms with van der Waals surface area (Å²) >= 11 is 5.17. The second-order valence-electron chi connectivity index (χ2n) is 8.37. The SMILES string of the molecule is COc1cc2nccc(Oc3ccc(NC(=S)NC(=O)Cc4ccccc4)cc3F)c2cc1C(=O)NCC(=O)O. The van der Waals surface area contributed by atoms with Crippen molar-refractivity contribution in [2.24, 2.45) is 0 Å². The number of carbonyl (C=O) groups excluding carboxylic acids is 2. The van der Waals surface area contributed by atoms with Crippen LogP contribution in [0, 0.1) is 5.82 Å². The first-order chi connectivity index (χ1) is 19.2. The van der Waals surface area contributed by atoms with Gasteiger partial charge < -0.3 is 30.5 Å². The lowest BCUT2D eigenvalue weighted by Gasteiger charge is -2.14. The first-order valence-corrected chi connectivity index (χ1v) is 12.2. The van der Waals surface area contributed by atoms with Crippen LogP contribution in [0.15, 0.2) is 72.9 Å². The number of aliphatic carboxylic acids is 1. The summed E-state index contributed by atoms with van der Waals surface area (Å²) in [5, 5.41) is 16.8. The molecule has 4 rings (SSSR count). The number of aromatic nitrogens is 1. The van der Waals surface area contributed by atoms with Crippen LogP contribution in [0.1, 0.15) is 15.9 Å². The topological polar surface area (TPSA) is 139 Å². The minimum atomic E-state index is -1.21. The van der Waals surface area contributed by atoms with Crippen LogP contribution < -0.4 is 25.4 Å². The molecule has 40 heavy (non-hydrogen) atoms. The predicted molar refractivity (Wildman–Crippen MR) is 149 cm³/mol. The average Bonchev–Trinajstić information content (AvgIpc) is 2.93. The second kappa shape index (κ2) is 12.6. The fraction of sp³-hybridized carbons (Fsp3) is 0.107. The summed E-state index contributed by atoms with van der Waals surface area (Å²) in [5.74, 6) is -2.67. The molecule has 0 spiro atoms. The van der Waals surface area contributed by atoms with Crippen LogP contribution in [0.2, 0.25) is 0 Å². The summed E-state index contributed by atoms with van der Waals surface area (Å²) in [7, 11) is 1.36. The Hall–Kier alpha value is -5.10. The predicted octanol–water partition coefficient (Wildman–Crippen LogP) is 4.04. The van der Waals surface area contributed by atoms with Gasteiger partial charge in [0.2, 0.25) is 5.91 Å². The van der Waals surface area contributed by atoms with E-state index in [1.54, 1.807) is 0 Å². The van der Waals surface area contributed by atoms with Crippen LogP contribution in [-0.2, 0) is 16.0 Å². The molecule has 4 aromatic rings. The zero-order valence-electron chi connectivity index (χ0n) is 21.1. The Bertz CT molecular complexity index is 1600. The van der Waals surface area contributed by atoms with E-state index in [2.05, 4.69) is 20.9 Å². The van der Waals surface area contributed by atoms with Crippen LogP contribution in [0.5, 0.6) is 17.2 Å². The van der Waals surface area contributed by atoms with Crippen molar-refractivity contribution in [1.29, 1.82) is 0 Å². The number of nitrogens with one attached hydrogen (secondary N) is 3. The molecule has 0 saturated carbocycles. The number of ether oxygens (including phenoxy) is 2. The lowest BCUT2D eigenvalue weighted by molar-refractivity contribution is -0.135. The molecule has 0 fully saturated rings. The number of halogens is 1. The number of carboxylic acid groups (broad SMARTS) is 1. The van der Waals surface area contributed by atoms with Crippen molar-refractivity contribution in [3.8, 4) is 17.2 Å². The van der Waals surface area contributed by atoms with Gasteiger partial charge in [0.05, 0.1) is 24.6 Å². The molecule has 0 unspecified atom stereocenters. The third-order valence-corrected chi connectivity index (χ3v) is 5.74. The molecule has 2 amide bonds. The smallest absolute Gasteiger partial charge is 0.322 e. The van der Waals surface area contributed by atoms with Gasteiger partial charge >= 0.3 is 5.97 Å². The van der Waals surface area contributed by atoms with Gasteiger partial charge in [-0.25, -0.2) is 4.39 Å². The van der Waals surface area contributed by atoms with Gasteiger partial charge in [-0.3, -0.25) is 19.4 Å². The van der Waals surface area contributed by atoms with E-state index in [1.807, 2.05) is 30.3 Å². The molecular formula is C28H23FN4O6S. The lowest BCUT2D eigenvalue weighted by Crippen LogP contribution is -2.35. The van der Waals surface area contributed by atoms with Gasteiger partial charge in [-0.1, -0.05) is 30.3 Å².